The third kappa shape index (κ3) is 3.46. The number of rotatable bonds is 3. The lowest BCUT2D eigenvalue weighted by molar-refractivity contribution is 0.102. The van der Waals surface area contributed by atoms with Gasteiger partial charge in [0.25, 0.3) is 5.91 Å². The molecule has 0 spiro atoms. The fraction of sp³-hybridized carbons (Fsp3) is 0.368. The van der Waals surface area contributed by atoms with Gasteiger partial charge in [-0.1, -0.05) is 24.1 Å². The fourth-order valence-corrected chi connectivity index (χ4v) is 3.98. The molecule has 2 aliphatic rings. The smallest absolute Gasteiger partial charge is 0.274 e. The Bertz CT molecular complexity index is 822. The van der Waals surface area contributed by atoms with Crippen LogP contribution in [0.15, 0.2) is 34.9 Å². The zero-order valence-corrected chi connectivity index (χ0v) is 16.1. The van der Waals surface area contributed by atoms with Crippen molar-refractivity contribution in [2.24, 2.45) is 0 Å². The molecule has 0 atom stereocenters. The molecule has 6 heteroatoms. The Balaban J connectivity index is 1.50. The zero-order valence-electron chi connectivity index (χ0n) is 13.8. The van der Waals surface area contributed by atoms with Crippen LogP contribution in [0, 0.1) is 0 Å². The number of amides is 1. The Kier molecular flexibility index (Phi) is 4.80. The summed E-state index contributed by atoms with van der Waals surface area (Å²) in [5.41, 5.74) is 3.50. The van der Waals surface area contributed by atoms with Crippen LogP contribution >= 0.6 is 27.5 Å². The van der Waals surface area contributed by atoms with E-state index in [9.17, 15) is 4.79 Å². The molecule has 2 heterocycles. The van der Waals surface area contributed by atoms with Gasteiger partial charge in [-0.2, -0.15) is 0 Å². The Morgan fingerprint density at radius 3 is 2.92 bits per heavy atom. The van der Waals surface area contributed by atoms with Gasteiger partial charge >= 0.3 is 0 Å². The van der Waals surface area contributed by atoms with Gasteiger partial charge in [-0.05, 0) is 64.5 Å². The van der Waals surface area contributed by atoms with Gasteiger partial charge in [0.2, 0.25) is 0 Å². The molecule has 0 bridgehead atoms. The minimum Gasteiger partial charge on any atom is -0.319 e. The molecule has 1 aromatic carbocycles. The van der Waals surface area contributed by atoms with Gasteiger partial charge < -0.3 is 5.32 Å². The van der Waals surface area contributed by atoms with Crippen LogP contribution in [0.4, 0.5) is 5.69 Å². The summed E-state index contributed by atoms with van der Waals surface area (Å²) < 4.78 is 0.751. The number of hydrogen-bond acceptors (Lipinski definition) is 3. The molecule has 4 rings (SSSR count). The van der Waals surface area contributed by atoms with Crippen molar-refractivity contribution in [3.63, 3.8) is 0 Å². The number of fused-ring (bicyclic) bond motifs is 1. The second-order valence-electron chi connectivity index (χ2n) is 6.70. The minimum atomic E-state index is -0.232. The molecule has 0 saturated heterocycles. The number of hydrogen-bond donors (Lipinski definition) is 1. The number of anilines is 1. The molecule has 1 aromatic heterocycles. The second kappa shape index (κ2) is 7.06. The molecule has 1 aliphatic carbocycles. The number of halogens is 2. The number of nitrogens with zero attached hydrogens (tertiary/aromatic N) is 2. The van der Waals surface area contributed by atoms with Crippen molar-refractivity contribution in [3.05, 3.63) is 56.8 Å². The van der Waals surface area contributed by atoms with Crippen LogP contribution in [0.2, 0.25) is 5.02 Å². The van der Waals surface area contributed by atoms with E-state index in [1.807, 2.05) is 24.4 Å². The molecule has 1 fully saturated rings. The molecule has 1 aliphatic heterocycles. The van der Waals surface area contributed by atoms with Gasteiger partial charge in [0.15, 0.2) is 0 Å². The van der Waals surface area contributed by atoms with E-state index in [1.165, 1.54) is 30.4 Å². The first-order valence-electron chi connectivity index (χ1n) is 8.59. The Morgan fingerprint density at radius 1 is 1.32 bits per heavy atom. The molecule has 4 nitrogen and oxygen atoms in total. The maximum Gasteiger partial charge on any atom is 0.274 e. The van der Waals surface area contributed by atoms with Crippen LogP contribution in [-0.2, 0) is 13.0 Å². The Labute approximate surface area is 160 Å². The highest BCUT2D eigenvalue weighted by Gasteiger charge is 2.28. The van der Waals surface area contributed by atoms with Gasteiger partial charge in [-0.25, -0.2) is 0 Å². The van der Waals surface area contributed by atoms with Crippen molar-refractivity contribution in [2.45, 2.75) is 38.3 Å². The Hall–Kier alpha value is -1.43. The Morgan fingerprint density at radius 2 is 2.16 bits per heavy atom. The lowest BCUT2D eigenvalue weighted by Gasteiger charge is -2.40. The summed E-state index contributed by atoms with van der Waals surface area (Å²) >= 11 is 9.58. The predicted molar refractivity (Wildman–Crippen MR) is 103 cm³/mol. The number of nitrogens with one attached hydrogen (secondary N) is 1. The summed E-state index contributed by atoms with van der Waals surface area (Å²) in [6.07, 6.45) is 6.82. The van der Waals surface area contributed by atoms with Crippen LogP contribution in [-0.4, -0.2) is 28.4 Å². The van der Waals surface area contributed by atoms with Gasteiger partial charge in [-0.15, -0.1) is 0 Å². The second-order valence-corrected chi connectivity index (χ2v) is 7.93. The number of benzene rings is 1. The summed E-state index contributed by atoms with van der Waals surface area (Å²) in [6.45, 7) is 2.02. The fourth-order valence-electron chi connectivity index (χ4n) is 3.44. The SMILES string of the molecule is O=C(Nc1cccc(Br)c1Cl)c1cc2c(cn1)CN(C1CCC1)CC2. The maximum absolute atomic E-state index is 12.5. The van der Waals surface area contributed by atoms with E-state index in [4.69, 9.17) is 11.6 Å². The van der Waals surface area contributed by atoms with E-state index in [0.29, 0.717) is 16.4 Å². The molecular weight excluding hydrogens is 402 g/mol. The average molecular weight is 421 g/mol. The zero-order chi connectivity index (χ0) is 17.4. The number of carbonyl (C=O) groups is 1. The van der Waals surface area contributed by atoms with Crippen molar-refractivity contribution in [1.82, 2.24) is 9.88 Å². The van der Waals surface area contributed by atoms with Crippen LogP contribution in [0.5, 0.6) is 0 Å². The predicted octanol–water partition coefficient (Wildman–Crippen LogP) is 4.66. The number of pyridine rings is 1. The van der Waals surface area contributed by atoms with Gasteiger partial charge in [0.05, 0.1) is 10.7 Å². The van der Waals surface area contributed by atoms with Crippen LogP contribution in [0.3, 0.4) is 0 Å². The average Bonchev–Trinajstić information content (AvgIpc) is 2.57. The van der Waals surface area contributed by atoms with Gasteiger partial charge in [-0.3, -0.25) is 14.7 Å². The van der Waals surface area contributed by atoms with E-state index in [0.717, 1.165) is 30.0 Å². The topological polar surface area (TPSA) is 45.2 Å². The first kappa shape index (κ1) is 17.0. The molecule has 1 N–H and O–H groups in total. The quantitative estimate of drug-likeness (QED) is 0.785. The van der Waals surface area contributed by atoms with Crippen LogP contribution < -0.4 is 5.32 Å². The third-order valence-corrected chi connectivity index (χ3v) is 6.44. The lowest BCUT2D eigenvalue weighted by Crippen LogP contribution is -2.43. The molecule has 0 unspecified atom stereocenters. The van der Waals surface area contributed by atoms with E-state index in [-0.39, 0.29) is 5.91 Å². The minimum absolute atomic E-state index is 0.232. The van der Waals surface area contributed by atoms with Crippen molar-refractivity contribution < 1.29 is 4.79 Å². The molecular formula is C19H19BrClN3O. The van der Waals surface area contributed by atoms with Gasteiger partial charge in [0.1, 0.15) is 5.69 Å². The summed E-state index contributed by atoms with van der Waals surface area (Å²) in [5.74, 6) is -0.232. The first-order chi connectivity index (χ1) is 12.1. The highest BCUT2D eigenvalue weighted by molar-refractivity contribution is 9.10. The van der Waals surface area contributed by atoms with Crippen molar-refractivity contribution in [2.75, 3.05) is 11.9 Å². The van der Waals surface area contributed by atoms with E-state index in [1.54, 1.807) is 6.07 Å². The standard InChI is InChI=1S/C19H19BrClN3O/c20-15-5-2-6-16(18(15)21)23-19(25)17-9-12-7-8-24(14-3-1-4-14)11-13(12)10-22-17/h2,5-6,9-10,14H,1,3-4,7-8,11H2,(H,23,25). The largest absolute Gasteiger partial charge is 0.319 e. The molecule has 1 amide bonds. The van der Waals surface area contributed by atoms with Crippen molar-refractivity contribution in [3.8, 4) is 0 Å². The number of carbonyl (C=O) groups excluding carboxylic acids is 1. The summed E-state index contributed by atoms with van der Waals surface area (Å²) in [5, 5.41) is 3.34. The first-order valence-corrected chi connectivity index (χ1v) is 9.76. The molecule has 0 radical (unpaired) electrons. The summed E-state index contributed by atoms with van der Waals surface area (Å²) in [7, 11) is 0. The third-order valence-electron chi connectivity index (χ3n) is 5.15. The molecule has 2 aromatic rings. The van der Waals surface area contributed by atoms with Crippen molar-refractivity contribution in [1.29, 1.82) is 0 Å². The lowest BCUT2D eigenvalue weighted by atomic mass is 9.89. The highest BCUT2D eigenvalue weighted by atomic mass is 79.9. The highest BCUT2D eigenvalue weighted by Crippen LogP contribution is 2.31. The molecule has 25 heavy (non-hydrogen) atoms. The molecule has 130 valence electrons. The van der Waals surface area contributed by atoms with Crippen LogP contribution in [0.25, 0.3) is 0 Å². The van der Waals surface area contributed by atoms with Crippen LogP contribution in [0.1, 0.15) is 40.9 Å². The molecule has 1 saturated carbocycles. The normalized spacial score (nSPS) is 17.7. The number of aromatic nitrogens is 1. The summed E-state index contributed by atoms with van der Waals surface area (Å²) in [6, 6.07) is 8.12. The van der Waals surface area contributed by atoms with Gasteiger partial charge in [0, 0.05) is 29.8 Å². The monoisotopic (exact) mass is 419 g/mol. The van der Waals surface area contributed by atoms with E-state index in [2.05, 4.69) is 31.1 Å². The summed E-state index contributed by atoms with van der Waals surface area (Å²) in [4.78, 5) is 19.5. The van der Waals surface area contributed by atoms with Crippen molar-refractivity contribution >= 4 is 39.1 Å². The maximum atomic E-state index is 12.5. The van der Waals surface area contributed by atoms with E-state index >= 15 is 0 Å². The van der Waals surface area contributed by atoms with E-state index < -0.39 is 0 Å².